The van der Waals surface area contributed by atoms with Crippen molar-refractivity contribution in [3.63, 3.8) is 0 Å². The smallest absolute Gasteiger partial charge is 0.0976 e. The topological polar surface area (TPSA) is 29.1 Å². The first kappa shape index (κ1) is 16.3. The highest BCUT2D eigenvalue weighted by Gasteiger charge is 2.24. The van der Waals surface area contributed by atoms with Gasteiger partial charge in [0.15, 0.2) is 0 Å². The lowest BCUT2D eigenvalue weighted by Gasteiger charge is -2.24. The van der Waals surface area contributed by atoms with E-state index in [-0.39, 0.29) is 10.8 Å². The van der Waals surface area contributed by atoms with Gasteiger partial charge in [-0.15, -0.1) is 11.3 Å². The van der Waals surface area contributed by atoms with E-state index in [9.17, 15) is 4.21 Å². The molecule has 1 aromatic rings. The number of halogens is 1. The molecular formula is C13H22BrNOS2. The zero-order valence-electron chi connectivity index (χ0n) is 11.6. The number of nitrogens with one attached hydrogen (secondary N) is 1. The van der Waals surface area contributed by atoms with Crippen molar-refractivity contribution in [1.82, 2.24) is 4.72 Å². The Balaban J connectivity index is 2.83. The third kappa shape index (κ3) is 5.11. The van der Waals surface area contributed by atoms with Crippen molar-refractivity contribution in [1.29, 1.82) is 0 Å². The second-order valence-electron chi connectivity index (χ2n) is 5.85. The predicted molar refractivity (Wildman–Crippen MR) is 85.2 cm³/mol. The Morgan fingerprint density at radius 3 is 2.44 bits per heavy atom. The van der Waals surface area contributed by atoms with Crippen molar-refractivity contribution in [2.45, 2.75) is 51.8 Å². The Kier molecular flexibility index (Phi) is 6.03. The number of rotatable bonds is 5. The van der Waals surface area contributed by atoms with Gasteiger partial charge in [0.2, 0.25) is 0 Å². The van der Waals surface area contributed by atoms with Crippen LogP contribution in [0.15, 0.2) is 15.9 Å². The highest BCUT2D eigenvalue weighted by Crippen LogP contribution is 2.30. The molecule has 0 spiro atoms. The van der Waals surface area contributed by atoms with E-state index >= 15 is 0 Å². The largest absolute Gasteiger partial charge is 0.242 e. The lowest BCUT2D eigenvalue weighted by atomic mass is 10.0. The van der Waals surface area contributed by atoms with Crippen molar-refractivity contribution >= 4 is 38.3 Å². The Hall–Kier alpha value is 0.290. The Morgan fingerprint density at radius 1 is 1.44 bits per heavy atom. The summed E-state index contributed by atoms with van der Waals surface area (Å²) in [6.07, 6.45) is 0.995. The molecule has 0 saturated heterocycles. The van der Waals surface area contributed by atoms with Gasteiger partial charge in [-0.2, -0.15) is 0 Å². The van der Waals surface area contributed by atoms with Crippen molar-refractivity contribution in [2.75, 3.05) is 0 Å². The van der Waals surface area contributed by atoms with Crippen molar-refractivity contribution in [3.8, 4) is 0 Å². The Bertz CT molecular complexity index is 409. The second-order valence-corrected chi connectivity index (χ2v) is 9.70. The van der Waals surface area contributed by atoms with Gasteiger partial charge in [-0.25, -0.2) is 8.93 Å². The standard InChI is InChI=1S/C13H22BrNOS2/c1-9(2)6-11(12-7-10(14)8-17-12)15-18(16)13(3,4)5/h7-9,11,15H,6H2,1-5H3/t11-,18?/m0/s1. The highest BCUT2D eigenvalue weighted by molar-refractivity contribution is 9.10. The molecule has 2 atom stereocenters. The molecule has 0 bridgehead atoms. The molecule has 0 fully saturated rings. The summed E-state index contributed by atoms with van der Waals surface area (Å²) >= 11 is 5.19. The van der Waals surface area contributed by atoms with Crippen LogP contribution in [0.25, 0.3) is 0 Å². The van der Waals surface area contributed by atoms with Crippen LogP contribution < -0.4 is 4.72 Å². The van der Waals surface area contributed by atoms with E-state index in [1.54, 1.807) is 11.3 Å². The normalized spacial score (nSPS) is 15.9. The van der Waals surface area contributed by atoms with E-state index < -0.39 is 11.0 Å². The fourth-order valence-corrected chi connectivity index (χ4v) is 3.93. The zero-order chi connectivity index (χ0) is 13.9. The Morgan fingerprint density at radius 2 is 2.06 bits per heavy atom. The first-order valence-corrected chi connectivity index (χ1v) is 8.94. The summed E-state index contributed by atoms with van der Waals surface area (Å²) in [4.78, 5) is 1.24. The third-order valence-corrected chi connectivity index (χ3v) is 5.86. The maximum Gasteiger partial charge on any atom is 0.0976 e. The van der Waals surface area contributed by atoms with Crippen LogP contribution in [0.4, 0.5) is 0 Å². The van der Waals surface area contributed by atoms with Gasteiger partial charge in [-0.1, -0.05) is 13.8 Å². The summed E-state index contributed by atoms with van der Waals surface area (Å²) in [5.41, 5.74) is 0. The molecule has 0 radical (unpaired) electrons. The number of thiophene rings is 1. The van der Waals surface area contributed by atoms with E-state index in [4.69, 9.17) is 0 Å². The average molecular weight is 352 g/mol. The summed E-state index contributed by atoms with van der Waals surface area (Å²) in [6.45, 7) is 10.4. The van der Waals surface area contributed by atoms with Gasteiger partial charge in [0.25, 0.3) is 0 Å². The molecule has 0 saturated carbocycles. The van der Waals surface area contributed by atoms with Crippen LogP contribution in [0, 0.1) is 5.92 Å². The van der Waals surface area contributed by atoms with E-state index in [0.717, 1.165) is 10.9 Å². The molecule has 0 amide bonds. The maximum absolute atomic E-state index is 12.2. The summed E-state index contributed by atoms with van der Waals surface area (Å²) in [5.74, 6) is 0.570. The molecule has 0 aliphatic heterocycles. The maximum atomic E-state index is 12.2. The predicted octanol–water partition coefficient (Wildman–Crippen LogP) is 4.65. The lowest BCUT2D eigenvalue weighted by molar-refractivity contribution is 0.485. The molecule has 1 rings (SSSR count). The minimum Gasteiger partial charge on any atom is -0.242 e. The molecule has 0 aliphatic rings. The monoisotopic (exact) mass is 351 g/mol. The SMILES string of the molecule is CC(C)C[C@H](NS(=O)C(C)(C)C)c1cc(Br)cs1. The molecule has 1 aromatic heterocycles. The molecule has 0 aliphatic carbocycles. The molecule has 2 nitrogen and oxygen atoms in total. The lowest BCUT2D eigenvalue weighted by Crippen LogP contribution is -2.36. The van der Waals surface area contributed by atoms with Gasteiger partial charge in [-0.3, -0.25) is 0 Å². The minimum atomic E-state index is -1.03. The zero-order valence-corrected chi connectivity index (χ0v) is 14.8. The summed E-state index contributed by atoms with van der Waals surface area (Å²) in [6, 6.07) is 2.28. The fraction of sp³-hybridized carbons (Fsp3) is 0.692. The molecule has 5 heteroatoms. The van der Waals surface area contributed by atoms with Gasteiger partial charge in [0, 0.05) is 14.7 Å². The quantitative estimate of drug-likeness (QED) is 0.821. The summed E-state index contributed by atoms with van der Waals surface area (Å²) in [5, 5.41) is 2.07. The van der Waals surface area contributed by atoms with Crippen molar-refractivity contribution in [3.05, 3.63) is 20.8 Å². The van der Waals surface area contributed by atoms with Gasteiger partial charge < -0.3 is 0 Å². The molecule has 1 heterocycles. The molecular weight excluding hydrogens is 330 g/mol. The van der Waals surface area contributed by atoms with Gasteiger partial charge >= 0.3 is 0 Å². The Labute approximate surface area is 125 Å². The highest BCUT2D eigenvalue weighted by atomic mass is 79.9. The molecule has 1 N–H and O–H groups in total. The average Bonchev–Trinajstić information content (AvgIpc) is 2.61. The first-order chi connectivity index (χ1) is 8.20. The second kappa shape index (κ2) is 6.64. The van der Waals surface area contributed by atoms with Crippen LogP contribution in [0.3, 0.4) is 0 Å². The van der Waals surface area contributed by atoms with Crippen LogP contribution in [0.2, 0.25) is 0 Å². The molecule has 104 valence electrons. The molecule has 18 heavy (non-hydrogen) atoms. The summed E-state index contributed by atoms with van der Waals surface area (Å²) in [7, 11) is -1.03. The molecule has 1 unspecified atom stereocenters. The van der Waals surface area contributed by atoms with E-state index in [0.29, 0.717) is 5.92 Å². The fourth-order valence-electron chi connectivity index (χ4n) is 1.51. The van der Waals surface area contributed by atoms with Crippen LogP contribution in [0.1, 0.15) is 52.0 Å². The van der Waals surface area contributed by atoms with E-state index in [1.807, 2.05) is 20.8 Å². The van der Waals surface area contributed by atoms with Gasteiger partial charge in [0.1, 0.15) is 0 Å². The van der Waals surface area contributed by atoms with Gasteiger partial charge in [-0.05, 0) is 55.1 Å². The van der Waals surface area contributed by atoms with E-state index in [2.05, 4.69) is 45.9 Å². The van der Waals surface area contributed by atoms with Crippen molar-refractivity contribution < 1.29 is 4.21 Å². The summed E-state index contributed by atoms with van der Waals surface area (Å²) < 4.78 is 16.4. The van der Waals surface area contributed by atoms with Crippen LogP contribution in [0.5, 0.6) is 0 Å². The molecule has 0 aromatic carbocycles. The van der Waals surface area contributed by atoms with E-state index in [1.165, 1.54) is 4.88 Å². The number of hydrogen-bond donors (Lipinski definition) is 1. The van der Waals surface area contributed by atoms with Crippen LogP contribution in [-0.4, -0.2) is 8.96 Å². The van der Waals surface area contributed by atoms with Crippen LogP contribution in [-0.2, 0) is 11.0 Å². The van der Waals surface area contributed by atoms with Crippen LogP contribution >= 0.6 is 27.3 Å². The first-order valence-electron chi connectivity index (χ1n) is 6.12. The van der Waals surface area contributed by atoms with Gasteiger partial charge in [0.05, 0.1) is 21.8 Å². The number of hydrogen-bond acceptors (Lipinski definition) is 2. The minimum absolute atomic E-state index is 0.168. The third-order valence-electron chi connectivity index (χ3n) is 2.44. The van der Waals surface area contributed by atoms with Crippen molar-refractivity contribution in [2.24, 2.45) is 5.92 Å².